The summed E-state index contributed by atoms with van der Waals surface area (Å²) in [5.41, 5.74) is 1.59. The molecule has 0 N–H and O–H groups in total. The van der Waals surface area contributed by atoms with Crippen LogP contribution >= 0.6 is 11.5 Å². The number of aromatic nitrogens is 2. The van der Waals surface area contributed by atoms with Crippen LogP contribution < -0.4 is 0 Å². The van der Waals surface area contributed by atoms with Crippen LogP contribution in [0.15, 0.2) is 5.51 Å². The van der Waals surface area contributed by atoms with Gasteiger partial charge in [-0.25, -0.2) is 4.98 Å². The molecule has 0 amide bonds. The zero-order valence-electron chi connectivity index (χ0n) is 2.96. The Morgan fingerprint density at radius 3 is 2.83 bits per heavy atom. The van der Waals surface area contributed by atoms with E-state index in [2.05, 4.69) is 9.36 Å². The molecule has 6 heavy (non-hydrogen) atoms. The van der Waals surface area contributed by atoms with Crippen LogP contribution in [0.2, 0.25) is 0 Å². The Morgan fingerprint density at radius 2 is 2.67 bits per heavy atom. The Hall–Kier alpha value is -0.440. The van der Waals surface area contributed by atoms with Crippen molar-refractivity contribution in [2.45, 2.75) is 0 Å². The van der Waals surface area contributed by atoms with Gasteiger partial charge in [0.1, 0.15) is 11.3 Å². The summed E-state index contributed by atoms with van der Waals surface area (Å²) < 4.78 is 3.62. The summed E-state index contributed by atoms with van der Waals surface area (Å²) in [6.45, 7) is 5.07. The van der Waals surface area contributed by atoms with E-state index in [1.807, 2.05) is 0 Å². The average Bonchev–Trinajstić information content (AvgIpc) is 1.86. The highest BCUT2D eigenvalue weighted by molar-refractivity contribution is 7.03. The molecule has 0 saturated carbocycles. The molecule has 1 aromatic heterocycles. The minimum absolute atomic E-state index is 0.361. The summed E-state index contributed by atoms with van der Waals surface area (Å²) >= 11 is 1.25. The van der Waals surface area contributed by atoms with Crippen molar-refractivity contribution in [2.24, 2.45) is 0 Å². The van der Waals surface area contributed by atoms with Gasteiger partial charge in [-0.15, -0.1) is 0 Å². The lowest BCUT2D eigenvalue weighted by Gasteiger charge is -1.62. The third kappa shape index (κ3) is 0.542. The molecule has 2 radical (unpaired) electrons. The highest BCUT2D eigenvalue weighted by Gasteiger charge is 1.78. The number of hydrogen-bond acceptors (Lipinski definition) is 3. The third-order valence-electron chi connectivity index (χ3n) is 0.378. The Kier molecular flexibility index (Phi) is 0.837. The first-order valence-corrected chi connectivity index (χ1v) is 2.25. The quantitative estimate of drug-likeness (QED) is 0.474. The summed E-state index contributed by atoms with van der Waals surface area (Å²) in [5.74, 6) is 0.361. The van der Waals surface area contributed by atoms with Gasteiger partial charge in [0.15, 0.2) is 0 Å². The van der Waals surface area contributed by atoms with Crippen molar-refractivity contribution in [3.63, 3.8) is 0 Å². The van der Waals surface area contributed by atoms with Crippen molar-refractivity contribution < 1.29 is 0 Å². The van der Waals surface area contributed by atoms with Crippen LogP contribution in [0.25, 0.3) is 0 Å². The lowest BCUT2D eigenvalue weighted by atomic mass is 10.8. The fraction of sp³-hybridized carbons (Fsp3) is 0. The molecule has 1 heterocycles. The molecule has 0 unspecified atom stereocenters. The molecule has 3 heteroatoms. The Morgan fingerprint density at radius 1 is 1.83 bits per heavy atom. The van der Waals surface area contributed by atoms with Crippen LogP contribution in [-0.4, -0.2) is 9.36 Å². The molecule has 0 aliphatic rings. The first-order chi connectivity index (χ1) is 2.89. The Bertz CT molecular complexity index is 112. The molecular weight excluding hydrogens is 96.1 g/mol. The van der Waals surface area contributed by atoms with Crippen molar-refractivity contribution in [2.75, 3.05) is 0 Å². The molecule has 0 aliphatic carbocycles. The van der Waals surface area contributed by atoms with E-state index in [9.17, 15) is 0 Å². The van der Waals surface area contributed by atoms with Crippen molar-refractivity contribution in [3.05, 3.63) is 18.3 Å². The molecule has 0 atom stereocenters. The molecule has 1 aromatic rings. The zero-order valence-corrected chi connectivity index (χ0v) is 3.77. The Labute approximate surface area is 40.0 Å². The van der Waals surface area contributed by atoms with Crippen molar-refractivity contribution in [1.29, 1.82) is 0 Å². The minimum Gasteiger partial charge on any atom is -0.228 e. The first kappa shape index (κ1) is 3.74. The minimum atomic E-state index is 0.361. The van der Waals surface area contributed by atoms with E-state index in [4.69, 9.17) is 6.92 Å². The number of rotatable bonds is 0. The van der Waals surface area contributed by atoms with E-state index in [0.717, 1.165) is 0 Å². The molecule has 30 valence electrons. The van der Waals surface area contributed by atoms with Gasteiger partial charge in [0, 0.05) is 6.92 Å². The lowest BCUT2D eigenvalue weighted by molar-refractivity contribution is 1.25. The van der Waals surface area contributed by atoms with Crippen LogP contribution in [0, 0.1) is 6.92 Å². The zero-order chi connectivity index (χ0) is 4.41. The largest absolute Gasteiger partial charge is 0.228 e. The molecule has 1 rings (SSSR count). The van der Waals surface area contributed by atoms with Gasteiger partial charge in [0.2, 0.25) is 0 Å². The Balaban J connectivity index is 3.05. The maximum atomic E-state index is 5.07. The van der Waals surface area contributed by atoms with Gasteiger partial charge in [0.05, 0.1) is 0 Å². The summed E-state index contributed by atoms with van der Waals surface area (Å²) in [6, 6.07) is 0. The maximum absolute atomic E-state index is 5.07. The summed E-state index contributed by atoms with van der Waals surface area (Å²) in [4.78, 5) is 3.60. The summed E-state index contributed by atoms with van der Waals surface area (Å²) in [5, 5.41) is 0. The number of hydrogen-bond donors (Lipinski definition) is 0. The molecule has 0 spiro atoms. The third-order valence-corrected chi connectivity index (χ3v) is 0.871. The second kappa shape index (κ2) is 1.34. The van der Waals surface area contributed by atoms with Crippen molar-refractivity contribution in [1.82, 2.24) is 9.36 Å². The molecule has 0 saturated heterocycles. The van der Waals surface area contributed by atoms with Gasteiger partial charge in [-0.05, 0) is 11.5 Å². The topological polar surface area (TPSA) is 25.8 Å². The molecule has 0 bridgehead atoms. The van der Waals surface area contributed by atoms with Gasteiger partial charge in [-0.3, -0.25) is 0 Å². The molecular formula is C3H2N2S. The summed E-state index contributed by atoms with van der Waals surface area (Å²) in [7, 11) is 0. The second-order valence-corrected chi connectivity index (χ2v) is 1.39. The fourth-order valence-corrected chi connectivity index (χ4v) is 0.536. The average molecular weight is 98.1 g/mol. The van der Waals surface area contributed by atoms with E-state index < -0.39 is 0 Å². The van der Waals surface area contributed by atoms with Crippen LogP contribution in [0.3, 0.4) is 0 Å². The van der Waals surface area contributed by atoms with Crippen molar-refractivity contribution in [3.8, 4) is 0 Å². The normalized spacial score (nSPS) is 8.83. The molecule has 0 aromatic carbocycles. The first-order valence-electron chi connectivity index (χ1n) is 1.41. The predicted molar refractivity (Wildman–Crippen MR) is 23.3 cm³/mol. The molecule has 2 nitrogen and oxygen atoms in total. The SMILES string of the molecule is [CH]c1ncsn1. The standard InChI is InChI=1S/C3H2N2S/c1-3-4-2-6-5-3/h1-2H. The predicted octanol–water partition coefficient (Wildman–Crippen LogP) is 0.597. The van der Waals surface area contributed by atoms with Crippen molar-refractivity contribution >= 4 is 11.5 Å². The summed E-state index contributed by atoms with van der Waals surface area (Å²) in [6.07, 6.45) is 0. The van der Waals surface area contributed by atoms with E-state index >= 15 is 0 Å². The fourth-order valence-electron chi connectivity index (χ4n) is 0.179. The van der Waals surface area contributed by atoms with Crippen LogP contribution in [0.4, 0.5) is 0 Å². The smallest absolute Gasteiger partial charge is 0.146 e. The van der Waals surface area contributed by atoms with Crippen LogP contribution in [0.1, 0.15) is 5.82 Å². The van der Waals surface area contributed by atoms with Gasteiger partial charge in [-0.1, -0.05) is 0 Å². The van der Waals surface area contributed by atoms with E-state index in [-0.39, 0.29) is 0 Å². The van der Waals surface area contributed by atoms with E-state index in [1.54, 1.807) is 5.51 Å². The molecule has 0 fully saturated rings. The lowest BCUT2D eigenvalue weighted by Crippen LogP contribution is -1.66. The van der Waals surface area contributed by atoms with Gasteiger partial charge < -0.3 is 0 Å². The maximum Gasteiger partial charge on any atom is 0.146 e. The highest BCUT2D eigenvalue weighted by Crippen LogP contribution is 1.87. The van der Waals surface area contributed by atoms with E-state index in [1.165, 1.54) is 11.5 Å². The highest BCUT2D eigenvalue weighted by atomic mass is 32.1. The van der Waals surface area contributed by atoms with Crippen LogP contribution in [0.5, 0.6) is 0 Å². The number of nitrogens with zero attached hydrogens (tertiary/aromatic N) is 2. The monoisotopic (exact) mass is 98.0 g/mol. The van der Waals surface area contributed by atoms with E-state index in [0.29, 0.717) is 5.82 Å². The van der Waals surface area contributed by atoms with Crippen LogP contribution in [-0.2, 0) is 0 Å². The molecule has 0 aliphatic heterocycles. The van der Waals surface area contributed by atoms with Gasteiger partial charge >= 0.3 is 0 Å². The van der Waals surface area contributed by atoms with Gasteiger partial charge in [-0.2, -0.15) is 4.37 Å². The van der Waals surface area contributed by atoms with Gasteiger partial charge in [0.25, 0.3) is 0 Å². The second-order valence-electron chi connectivity index (χ2n) is 0.789.